The summed E-state index contributed by atoms with van der Waals surface area (Å²) in [7, 11) is 0. The van der Waals surface area contributed by atoms with E-state index in [1.165, 1.54) is 44.5 Å². The maximum absolute atomic E-state index is 7.26. The number of rotatable bonds is 12. The van der Waals surface area contributed by atoms with E-state index in [0.29, 0.717) is 0 Å². The molecule has 0 amide bonds. The fraction of sp³-hybridized carbons (Fsp3) is 0.0667. The molecular weight excluding hydrogens is 1590 g/mol. The van der Waals surface area contributed by atoms with E-state index in [2.05, 4.69) is 390 Å². The number of hydrogen-bond acceptors (Lipinski definition) is 10. The number of hydrogen-bond donors (Lipinski definition) is 0. The minimum Gasteiger partial charge on any atom is -0.456 e. The molecule has 0 atom stereocenters. The van der Waals surface area contributed by atoms with Gasteiger partial charge in [0.15, 0.2) is 22.3 Å². The first-order valence-corrected chi connectivity index (χ1v) is 44.5. The zero-order chi connectivity index (χ0) is 87.0. The molecule has 10 heteroatoms. The van der Waals surface area contributed by atoms with Crippen LogP contribution in [-0.2, 0) is 0 Å². The lowest BCUT2D eigenvalue weighted by Gasteiger charge is -2.28. The molecule has 0 N–H and O–H groups in total. The van der Waals surface area contributed by atoms with Gasteiger partial charge in [-0.2, -0.15) is 0 Å². The molecule has 0 fully saturated rings. The zero-order valence-corrected chi connectivity index (χ0v) is 72.9. The third kappa shape index (κ3) is 11.9. The van der Waals surface area contributed by atoms with Crippen LogP contribution in [0.15, 0.2) is 390 Å². The summed E-state index contributed by atoms with van der Waals surface area (Å²) in [6.07, 6.45) is 0. The maximum Gasteiger partial charge on any atom is 0.159 e. The highest BCUT2D eigenvalue weighted by atomic mass is 16.4. The first-order chi connectivity index (χ1) is 63.7. The van der Waals surface area contributed by atoms with Crippen LogP contribution >= 0.6 is 0 Å². The number of furan rings is 6. The molecule has 0 bridgehead atoms. The van der Waals surface area contributed by atoms with Gasteiger partial charge in [-0.15, -0.1) is 0 Å². The smallest absolute Gasteiger partial charge is 0.159 e. The zero-order valence-electron chi connectivity index (χ0n) is 72.9. The summed E-state index contributed by atoms with van der Waals surface area (Å²) in [4.78, 5) is 9.42. The van der Waals surface area contributed by atoms with E-state index in [0.717, 1.165) is 243 Å². The van der Waals surface area contributed by atoms with Gasteiger partial charge in [0.25, 0.3) is 0 Å². The maximum atomic E-state index is 7.26. The minimum atomic E-state index is 0.804. The SMILES string of the molecule is Cc1cc(C)cc(N(c2cc3oc4cc(N(c5cc(C)cc(C)c5)c5cccc6c5oc5ccccc56)c5ccccc5c4c3c3ccccc23)c2cccc3c2oc2ccccc23)c1.Cc1ccc(N(c2cc3oc4cc(N(c5ccc(C)c(C)c5)c5cccc6c5oc5ccccc56)c5ccccc5c4c3c3ccccc23)c2cccc3c2oc2ccccc23)cc1C. The number of anilines is 12. The normalized spacial score (nSPS) is 12.0. The van der Waals surface area contributed by atoms with Gasteiger partial charge in [-0.25, -0.2) is 0 Å². The molecule has 0 saturated carbocycles. The van der Waals surface area contributed by atoms with Crippen LogP contribution in [-0.4, -0.2) is 0 Å². The van der Waals surface area contributed by atoms with Crippen LogP contribution in [0.5, 0.6) is 0 Å². The number of nitrogens with zero attached hydrogens (tertiary/aromatic N) is 4. The third-order valence-corrected chi connectivity index (χ3v) is 26.8. The Labute approximate surface area is 748 Å². The van der Waals surface area contributed by atoms with Crippen molar-refractivity contribution < 1.29 is 26.5 Å². The number of aryl methyl sites for hydroxylation is 8. The molecule has 6 heterocycles. The largest absolute Gasteiger partial charge is 0.456 e. The average molecular weight is 1680 g/mol. The van der Waals surface area contributed by atoms with Crippen molar-refractivity contribution >= 4 is 243 Å². The molecule has 0 aliphatic carbocycles. The summed E-state index contributed by atoms with van der Waals surface area (Å²) in [5.41, 5.74) is 31.7. The highest BCUT2D eigenvalue weighted by Crippen LogP contribution is 2.56. The molecule has 26 aromatic rings. The van der Waals surface area contributed by atoms with Gasteiger partial charge in [-0.3, -0.25) is 0 Å². The van der Waals surface area contributed by atoms with Gasteiger partial charge in [-0.1, -0.05) is 243 Å². The predicted molar refractivity (Wildman–Crippen MR) is 543 cm³/mol. The molecule has 620 valence electrons. The van der Waals surface area contributed by atoms with E-state index in [1.807, 2.05) is 48.5 Å². The molecule has 0 unspecified atom stereocenters. The summed E-state index contributed by atoms with van der Waals surface area (Å²) >= 11 is 0. The quantitative estimate of drug-likeness (QED) is 0.118. The van der Waals surface area contributed by atoms with E-state index < -0.39 is 0 Å². The van der Waals surface area contributed by atoms with Crippen molar-refractivity contribution in [2.75, 3.05) is 19.6 Å². The second-order valence-electron chi connectivity index (χ2n) is 35.0. The molecular formula is C120H84N4O6. The van der Waals surface area contributed by atoms with Crippen LogP contribution in [0.4, 0.5) is 68.2 Å². The van der Waals surface area contributed by atoms with Crippen molar-refractivity contribution in [3.8, 4) is 0 Å². The van der Waals surface area contributed by atoms with Crippen molar-refractivity contribution in [2.45, 2.75) is 55.4 Å². The number of fused-ring (bicyclic) bond motifs is 26. The summed E-state index contributed by atoms with van der Waals surface area (Å²) in [6, 6.07) is 130. The Kier molecular flexibility index (Phi) is 17.2. The van der Waals surface area contributed by atoms with Crippen LogP contribution in [0.3, 0.4) is 0 Å². The van der Waals surface area contributed by atoms with Crippen molar-refractivity contribution in [1.82, 2.24) is 0 Å². The molecule has 130 heavy (non-hydrogen) atoms. The highest BCUT2D eigenvalue weighted by Gasteiger charge is 2.32. The second kappa shape index (κ2) is 29.5. The van der Waals surface area contributed by atoms with Crippen LogP contribution in [0.2, 0.25) is 0 Å². The fourth-order valence-corrected chi connectivity index (χ4v) is 20.8. The average Bonchev–Trinajstić information content (AvgIpc) is 1.53. The Bertz CT molecular complexity index is 8680. The molecule has 0 saturated heterocycles. The first kappa shape index (κ1) is 75.9. The van der Waals surface area contributed by atoms with Gasteiger partial charge in [0.2, 0.25) is 0 Å². The third-order valence-electron chi connectivity index (χ3n) is 26.8. The fourth-order valence-electron chi connectivity index (χ4n) is 20.8. The molecule has 26 rings (SSSR count). The van der Waals surface area contributed by atoms with Crippen LogP contribution < -0.4 is 19.6 Å². The van der Waals surface area contributed by atoms with Gasteiger partial charge in [0.1, 0.15) is 44.7 Å². The van der Waals surface area contributed by atoms with Crippen molar-refractivity contribution in [3.63, 3.8) is 0 Å². The summed E-state index contributed by atoms with van der Waals surface area (Å²) in [5, 5.41) is 21.9. The van der Waals surface area contributed by atoms with Gasteiger partial charge in [0, 0.05) is 133 Å². The van der Waals surface area contributed by atoms with Gasteiger partial charge >= 0.3 is 0 Å². The van der Waals surface area contributed by atoms with Crippen LogP contribution in [0.25, 0.3) is 175 Å². The molecule has 0 radical (unpaired) electrons. The topological polar surface area (TPSA) is 91.8 Å². The molecule has 0 aliphatic heterocycles. The highest BCUT2D eigenvalue weighted by molar-refractivity contribution is 6.33. The Morgan fingerprint density at radius 1 is 0.146 bits per heavy atom. The predicted octanol–water partition coefficient (Wildman–Crippen LogP) is 35.7. The van der Waals surface area contributed by atoms with Gasteiger partial charge < -0.3 is 46.1 Å². The van der Waals surface area contributed by atoms with E-state index >= 15 is 0 Å². The van der Waals surface area contributed by atoms with E-state index in [1.54, 1.807) is 0 Å². The lowest BCUT2D eigenvalue weighted by molar-refractivity contribution is 0.667. The second-order valence-corrected chi connectivity index (χ2v) is 35.0. The number of para-hydroxylation sites is 8. The molecule has 0 spiro atoms. The van der Waals surface area contributed by atoms with Crippen LogP contribution in [0.1, 0.15) is 44.5 Å². The summed E-state index contributed by atoms with van der Waals surface area (Å²) < 4.78 is 41.5. The van der Waals surface area contributed by atoms with Crippen molar-refractivity contribution in [3.05, 3.63) is 408 Å². The molecule has 20 aromatic carbocycles. The first-order valence-electron chi connectivity index (χ1n) is 44.5. The van der Waals surface area contributed by atoms with E-state index in [9.17, 15) is 0 Å². The van der Waals surface area contributed by atoms with Gasteiger partial charge in [0.05, 0.1) is 45.5 Å². The molecule has 10 nitrogen and oxygen atoms in total. The standard InChI is InChI=1S/2C60H42N2O3/c1-35-27-36(2)30-39(29-35)61(49-23-13-21-47-43-17-9-11-25-53(43)64-59(47)49)51-33-55-57(45-19-7-5-15-41(45)51)58-46-20-8-6-16-42(46)52(34-56(58)63-55)62(40-31-37(3)28-38(4)32-40)50-24-14-22-48-44-18-10-12-26-54(44)65-60(48)50;1-35-27-29-39(31-37(35)3)61(49-23-13-21-47-43-17-9-11-25-53(43)64-59(47)49)51-33-55-57(45-19-7-5-15-41(45)51)58-46-20-8-6-16-42(46)52(34-56(58)63-55)62(40-30-28-36(2)38(4)32-40)50-24-14-22-48-44-18-10-12-26-54(44)65-60(48)50/h2*5-34H,1-4H3. The Morgan fingerprint density at radius 3 is 0.623 bits per heavy atom. The van der Waals surface area contributed by atoms with Crippen LogP contribution in [0, 0.1) is 55.4 Å². The Morgan fingerprint density at radius 2 is 0.369 bits per heavy atom. The minimum absolute atomic E-state index is 0.804. The van der Waals surface area contributed by atoms with E-state index in [4.69, 9.17) is 26.5 Å². The monoisotopic (exact) mass is 1680 g/mol. The summed E-state index contributed by atoms with van der Waals surface area (Å²) in [5.74, 6) is 0. The summed E-state index contributed by atoms with van der Waals surface area (Å²) in [6.45, 7) is 17.3. The van der Waals surface area contributed by atoms with E-state index in [-0.39, 0.29) is 0 Å². The van der Waals surface area contributed by atoms with Gasteiger partial charge in [-0.05, 0) is 219 Å². The Hall–Kier alpha value is -16.6. The van der Waals surface area contributed by atoms with Crippen molar-refractivity contribution in [2.24, 2.45) is 0 Å². The molecule has 6 aromatic heterocycles. The van der Waals surface area contributed by atoms with Crippen molar-refractivity contribution in [1.29, 1.82) is 0 Å². The molecule has 0 aliphatic rings. The Balaban J connectivity index is 0.000000140. The lowest BCUT2D eigenvalue weighted by Crippen LogP contribution is -2.11. The number of benzene rings is 20. The lowest BCUT2D eigenvalue weighted by atomic mass is 9.96.